The predicted molar refractivity (Wildman–Crippen MR) is 96.4 cm³/mol. The quantitative estimate of drug-likeness (QED) is 0.338. The molecule has 0 aromatic heterocycles. The molecule has 0 amide bonds. The summed E-state index contributed by atoms with van der Waals surface area (Å²) >= 11 is 0. The van der Waals surface area contributed by atoms with E-state index in [1.54, 1.807) is 6.08 Å². The van der Waals surface area contributed by atoms with Crippen LogP contribution in [0.4, 0.5) is 0 Å². The molecular weight excluding hydrogens is 328 g/mol. The zero-order valence-electron chi connectivity index (χ0n) is 15.6. The molecule has 3 saturated carbocycles. The van der Waals surface area contributed by atoms with Crippen molar-refractivity contribution in [1.29, 1.82) is 0 Å². The van der Waals surface area contributed by atoms with Gasteiger partial charge in [-0.15, -0.1) is 0 Å². The molecule has 4 aliphatic carbocycles. The zero-order valence-corrected chi connectivity index (χ0v) is 15.6. The van der Waals surface area contributed by atoms with E-state index in [-0.39, 0.29) is 40.0 Å². The fourth-order valence-electron chi connectivity index (χ4n) is 7.41. The second-order valence-electron chi connectivity index (χ2n) is 9.43. The summed E-state index contributed by atoms with van der Waals surface area (Å²) in [4.78, 5) is 23.2. The van der Waals surface area contributed by atoms with Gasteiger partial charge in [-0.1, -0.05) is 25.5 Å². The Bertz CT molecular complexity index is 820. The molecule has 26 heavy (non-hydrogen) atoms. The second-order valence-corrected chi connectivity index (χ2v) is 9.43. The number of allylic oxidation sites excluding steroid dienone is 4. The number of aldehydes is 1. The first-order chi connectivity index (χ1) is 12.3. The molecule has 0 aromatic rings. The third kappa shape index (κ3) is 1.65. The van der Waals surface area contributed by atoms with Crippen LogP contribution in [0.15, 0.2) is 35.1 Å². The Morgan fingerprint density at radius 3 is 2.85 bits per heavy atom. The minimum Gasteiger partial charge on any atom is -0.505 e. The third-order valence-corrected chi connectivity index (χ3v) is 8.43. The van der Waals surface area contributed by atoms with Gasteiger partial charge in [-0.25, -0.2) is 0 Å². The SMILES string of the molecule is C[C@H]1C[C@H]2[C@@H]3CCC4=CC(=O)C=C[C@]4(C)[C@@]34O[C@H]4C[C@]2(C)/C1=C(/O)C=O. The molecule has 138 valence electrons. The molecule has 5 aliphatic rings. The molecule has 1 spiro atoms. The average Bonchev–Trinajstić information content (AvgIpc) is 3.24. The van der Waals surface area contributed by atoms with Gasteiger partial charge in [-0.2, -0.15) is 0 Å². The van der Waals surface area contributed by atoms with Gasteiger partial charge in [0.25, 0.3) is 0 Å². The van der Waals surface area contributed by atoms with Gasteiger partial charge < -0.3 is 9.84 Å². The maximum absolute atomic E-state index is 11.9. The lowest BCUT2D eigenvalue weighted by atomic mass is 9.48. The normalized spacial score (nSPS) is 53.0. The maximum atomic E-state index is 11.9. The molecule has 7 atom stereocenters. The van der Waals surface area contributed by atoms with Gasteiger partial charge in [-0.05, 0) is 73.5 Å². The number of rotatable bonds is 1. The highest BCUT2D eigenvalue weighted by molar-refractivity contribution is 6.01. The summed E-state index contributed by atoms with van der Waals surface area (Å²) in [5.74, 6) is 1.03. The summed E-state index contributed by atoms with van der Waals surface area (Å²) < 4.78 is 6.48. The van der Waals surface area contributed by atoms with Crippen molar-refractivity contribution in [3.8, 4) is 0 Å². The van der Waals surface area contributed by atoms with Crippen LogP contribution in [0.25, 0.3) is 0 Å². The van der Waals surface area contributed by atoms with Crippen molar-refractivity contribution in [2.75, 3.05) is 0 Å². The van der Waals surface area contributed by atoms with Gasteiger partial charge >= 0.3 is 0 Å². The van der Waals surface area contributed by atoms with Crippen LogP contribution in [0, 0.1) is 28.6 Å². The van der Waals surface area contributed by atoms with E-state index in [2.05, 4.69) is 26.8 Å². The lowest BCUT2D eigenvalue weighted by Gasteiger charge is -2.53. The van der Waals surface area contributed by atoms with Crippen molar-refractivity contribution in [3.05, 3.63) is 35.1 Å². The van der Waals surface area contributed by atoms with Crippen molar-refractivity contribution in [2.45, 2.75) is 58.2 Å². The number of ketones is 1. The second kappa shape index (κ2) is 4.78. The van der Waals surface area contributed by atoms with Crippen LogP contribution in [0.3, 0.4) is 0 Å². The monoisotopic (exact) mass is 354 g/mol. The van der Waals surface area contributed by atoms with Crippen LogP contribution in [0.2, 0.25) is 0 Å². The van der Waals surface area contributed by atoms with Gasteiger partial charge in [0.2, 0.25) is 0 Å². The molecule has 0 aromatic carbocycles. The number of hydrogen-bond donors (Lipinski definition) is 1. The van der Waals surface area contributed by atoms with Crippen LogP contribution >= 0.6 is 0 Å². The Morgan fingerprint density at radius 1 is 1.35 bits per heavy atom. The fraction of sp³-hybridized carbons (Fsp3) is 0.636. The summed E-state index contributed by atoms with van der Waals surface area (Å²) in [7, 11) is 0. The van der Waals surface area contributed by atoms with E-state index in [9.17, 15) is 14.7 Å². The van der Waals surface area contributed by atoms with Crippen molar-refractivity contribution < 1.29 is 19.4 Å². The van der Waals surface area contributed by atoms with E-state index in [4.69, 9.17) is 4.74 Å². The number of epoxide rings is 1. The first-order valence-electron chi connectivity index (χ1n) is 9.79. The molecule has 4 heteroatoms. The van der Waals surface area contributed by atoms with Gasteiger partial charge in [0.05, 0.1) is 6.10 Å². The topological polar surface area (TPSA) is 66.9 Å². The lowest BCUT2D eigenvalue weighted by Crippen LogP contribution is -2.56. The molecule has 5 rings (SSSR count). The number of hydrogen-bond acceptors (Lipinski definition) is 4. The van der Waals surface area contributed by atoms with Crippen LogP contribution in [-0.4, -0.2) is 28.9 Å². The van der Waals surface area contributed by atoms with Crippen molar-refractivity contribution in [3.63, 3.8) is 0 Å². The van der Waals surface area contributed by atoms with Gasteiger partial charge in [0.15, 0.2) is 17.8 Å². The molecule has 1 saturated heterocycles. The summed E-state index contributed by atoms with van der Waals surface area (Å²) in [6.45, 7) is 6.58. The first-order valence-corrected chi connectivity index (χ1v) is 9.79. The standard InChI is InChI=1S/C22H26O4/c1-12-8-16-15-5-4-13-9-14(24)6-7-21(13,3)22(15)18(26-22)10-20(16,2)19(12)17(25)11-23/h6-7,9,11-12,15-16,18,25H,4-5,8,10H2,1-3H3/b19-17+/t12-,15-,16-,18-,20-,21-,22+/m0/s1. The number of carbonyl (C=O) groups is 2. The van der Waals surface area contributed by atoms with Crippen molar-refractivity contribution >= 4 is 12.1 Å². The highest BCUT2D eigenvalue weighted by Crippen LogP contribution is 2.75. The number of aliphatic hydroxyl groups excluding tert-OH is 1. The van der Waals surface area contributed by atoms with Crippen LogP contribution < -0.4 is 0 Å². The Hall–Kier alpha value is -1.68. The molecule has 4 fully saturated rings. The highest BCUT2D eigenvalue weighted by atomic mass is 16.6. The molecule has 1 N–H and O–H groups in total. The zero-order chi connectivity index (χ0) is 18.5. The lowest BCUT2D eigenvalue weighted by molar-refractivity contribution is -0.111. The minimum absolute atomic E-state index is 0.0681. The summed E-state index contributed by atoms with van der Waals surface area (Å²) in [6, 6.07) is 0. The van der Waals surface area contributed by atoms with Crippen LogP contribution in [-0.2, 0) is 14.3 Å². The van der Waals surface area contributed by atoms with E-state index >= 15 is 0 Å². The summed E-state index contributed by atoms with van der Waals surface area (Å²) in [5.41, 5.74) is 1.54. The fourth-order valence-corrected chi connectivity index (χ4v) is 7.41. The molecule has 0 radical (unpaired) electrons. The molecule has 4 nitrogen and oxygen atoms in total. The first kappa shape index (κ1) is 16.5. The minimum atomic E-state index is -0.218. The third-order valence-electron chi connectivity index (χ3n) is 8.43. The van der Waals surface area contributed by atoms with E-state index in [0.29, 0.717) is 18.1 Å². The van der Waals surface area contributed by atoms with Crippen molar-refractivity contribution in [2.24, 2.45) is 28.6 Å². The molecule has 0 bridgehead atoms. The number of aliphatic hydroxyl groups is 1. The smallest absolute Gasteiger partial charge is 0.184 e. The summed E-state index contributed by atoms with van der Waals surface area (Å²) in [6.07, 6.45) is 10.1. The average molecular weight is 354 g/mol. The molecule has 0 unspecified atom stereocenters. The van der Waals surface area contributed by atoms with Crippen LogP contribution in [0.1, 0.15) is 46.5 Å². The van der Waals surface area contributed by atoms with E-state index < -0.39 is 0 Å². The highest BCUT2D eigenvalue weighted by Gasteiger charge is 2.78. The number of ether oxygens (including phenoxy) is 1. The van der Waals surface area contributed by atoms with E-state index in [0.717, 1.165) is 31.3 Å². The van der Waals surface area contributed by atoms with Crippen molar-refractivity contribution in [1.82, 2.24) is 0 Å². The van der Waals surface area contributed by atoms with Crippen LogP contribution in [0.5, 0.6) is 0 Å². The Balaban J connectivity index is 1.62. The molecule has 1 heterocycles. The van der Waals surface area contributed by atoms with Gasteiger partial charge in [0, 0.05) is 5.41 Å². The van der Waals surface area contributed by atoms with E-state index in [1.165, 1.54) is 5.57 Å². The predicted octanol–water partition coefficient (Wildman–Crippen LogP) is 3.68. The Morgan fingerprint density at radius 2 is 2.12 bits per heavy atom. The maximum Gasteiger partial charge on any atom is 0.184 e. The number of fused-ring (bicyclic) bond motifs is 3. The van der Waals surface area contributed by atoms with Gasteiger partial charge in [-0.3, -0.25) is 9.59 Å². The largest absolute Gasteiger partial charge is 0.505 e. The molecule has 1 aliphatic heterocycles. The van der Waals surface area contributed by atoms with Gasteiger partial charge in [0.1, 0.15) is 5.60 Å². The number of carbonyl (C=O) groups excluding carboxylic acids is 2. The van der Waals surface area contributed by atoms with E-state index in [1.807, 2.05) is 6.08 Å². The Kier molecular flexibility index (Phi) is 3.03. The Labute approximate surface area is 154 Å². The molecular formula is C22H26O4. The summed E-state index contributed by atoms with van der Waals surface area (Å²) in [5, 5.41) is 10.3.